The van der Waals surface area contributed by atoms with Gasteiger partial charge in [-0.15, -0.1) is 0 Å². The quantitative estimate of drug-likeness (QED) is 0.435. The molecule has 0 aromatic heterocycles. The van der Waals surface area contributed by atoms with Crippen LogP contribution in [0.5, 0.6) is 5.75 Å². The van der Waals surface area contributed by atoms with Crippen LogP contribution in [0.25, 0.3) is 0 Å². The number of aromatic carboxylic acids is 1. The average Bonchev–Trinajstić information content (AvgIpc) is 2.56. The zero-order valence-corrected chi connectivity index (χ0v) is 15.5. The van der Waals surface area contributed by atoms with Crippen molar-refractivity contribution in [2.24, 2.45) is 0 Å². The van der Waals surface area contributed by atoms with Gasteiger partial charge in [-0.1, -0.05) is 0 Å². The zero-order valence-electron chi connectivity index (χ0n) is 13.4. The first-order valence-corrected chi connectivity index (χ1v) is 8.60. The Bertz CT molecular complexity index is 803. The van der Waals surface area contributed by atoms with Crippen LogP contribution in [0.2, 0.25) is 0 Å². The molecule has 26 heavy (non-hydrogen) atoms. The standard InChI is InChI=1S/C17H16F2INO5/c18-9-5-14(21-13-2-1-10(20)7-12(13)19)16(17(24)25)15(6-9)26-4-3-11(23)8-22/h1-2,5-7,11,21-23H,3-4,8H2,(H,24,25)/t11-/m1/s1. The minimum absolute atomic E-state index is 0.0137. The lowest BCUT2D eigenvalue weighted by Gasteiger charge is -2.16. The third kappa shape index (κ3) is 5.26. The van der Waals surface area contributed by atoms with Crippen LogP contribution in [0, 0.1) is 15.2 Å². The maximum Gasteiger partial charge on any atom is 0.341 e. The molecule has 6 nitrogen and oxygen atoms in total. The topological polar surface area (TPSA) is 99.0 Å². The third-order valence-electron chi connectivity index (χ3n) is 3.40. The molecule has 1 atom stereocenters. The molecule has 0 saturated heterocycles. The summed E-state index contributed by atoms with van der Waals surface area (Å²) >= 11 is 1.92. The number of carboxylic acids is 1. The van der Waals surface area contributed by atoms with Crippen LogP contribution in [0.15, 0.2) is 30.3 Å². The highest BCUT2D eigenvalue weighted by atomic mass is 127. The minimum atomic E-state index is -1.39. The first-order chi connectivity index (χ1) is 12.3. The average molecular weight is 479 g/mol. The normalized spacial score (nSPS) is 11.9. The maximum absolute atomic E-state index is 14.0. The van der Waals surface area contributed by atoms with E-state index in [1.807, 2.05) is 22.6 Å². The summed E-state index contributed by atoms with van der Waals surface area (Å²) in [6, 6.07) is 6.09. The van der Waals surface area contributed by atoms with E-state index in [-0.39, 0.29) is 35.7 Å². The van der Waals surface area contributed by atoms with Gasteiger partial charge in [-0.05, 0) is 46.9 Å². The zero-order chi connectivity index (χ0) is 19.3. The first kappa shape index (κ1) is 20.3. The molecule has 0 saturated carbocycles. The highest BCUT2D eigenvalue weighted by Gasteiger charge is 2.20. The Kier molecular flexibility index (Phi) is 7.12. The van der Waals surface area contributed by atoms with Gasteiger partial charge in [0.1, 0.15) is 22.9 Å². The van der Waals surface area contributed by atoms with Crippen molar-refractivity contribution in [2.45, 2.75) is 12.5 Å². The second kappa shape index (κ2) is 9.10. The number of carbonyl (C=O) groups is 1. The molecule has 0 amide bonds. The number of rotatable bonds is 8. The second-order valence-corrected chi connectivity index (χ2v) is 6.60. The molecule has 2 rings (SSSR count). The predicted octanol–water partition coefficient (Wildman–Crippen LogP) is 3.13. The van der Waals surface area contributed by atoms with Crippen molar-refractivity contribution in [1.82, 2.24) is 0 Å². The van der Waals surface area contributed by atoms with Gasteiger partial charge in [0.15, 0.2) is 0 Å². The summed E-state index contributed by atoms with van der Waals surface area (Å²) in [6.45, 7) is -0.611. The second-order valence-electron chi connectivity index (χ2n) is 5.35. The number of aliphatic hydroxyl groups is 2. The van der Waals surface area contributed by atoms with E-state index >= 15 is 0 Å². The summed E-state index contributed by atoms with van der Waals surface area (Å²) in [5.41, 5.74) is -0.557. The molecule has 0 fully saturated rings. The highest BCUT2D eigenvalue weighted by Crippen LogP contribution is 2.32. The third-order valence-corrected chi connectivity index (χ3v) is 4.07. The first-order valence-electron chi connectivity index (χ1n) is 7.52. The number of ether oxygens (including phenoxy) is 1. The van der Waals surface area contributed by atoms with Crippen LogP contribution < -0.4 is 10.1 Å². The van der Waals surface area contributed by atoms with Crippen molar-refractivity contribution in [3.63, 3.8) is 0 Å². The van der Waals surface area contributed by atoms with E-state index in [0.29, 0.717) is 3.57 Å². The van der Waals surface area contributed by atoms with Crippen LogP contribution in [0.4, 0.5) is 20.2 Å². The molecular weight excluding hydrogens is 463 g/mol. The lowest BCUT2D eigenvalue weighted by molar-refractivity contribution is 0.0681. The van der Waals surface area contributed by atoms with Gasteiger partial charge in [0.05, 0.1) is 30.7 Å². The number of anilines is 2. The fraction of sp³-hybridized carbons (Fsp3) is 0.235. The van der Waals surface area contributed by atoms with E-state index in [0.717, 1.165) is 12.1 Å². The van der Waals surface area contributed by atoms with Gasteiger partial charge in [-0.25, -0.2) is 13.6 Å². The summed E-state index contributed by atoms with van der Waals surface area (Å²) < 4.78 is 33.8. The summed E-state index contributed by atoms with van der Waals surface area (Å²) in [5.74, 6) is -3.06. The number of nitrogens with one attached hydrogen (secondary N) is 1. The summed E-state index contributed by atoms with van der Waals surface area (Å²) in [5, 5.41) is 30.1. The SMILES string of the molecule is O=C(O)c1c(Nc2ccc(I)cc2F)cc(F)cc1OCC[C@@H](O)CO. The lowest BCUT2D eigenvalue weighted by Crippen LogP contribution is -2.17. The van der Waals surface area contributed by atoms with Crippen molar-refractivity contribution in [3.05, 3.63) is 51.1 Å². The van der Waals surface area contributed by atoms with Crippen LogP contribution in [-0.2, 0) is 0 Å². The fourth-order valence-electron chi connectivity index (χ4n) is 2.15. The number of halogens is 3. The predicted molar refractivity (Wildman–Crippen MR) is 99.0 cm³/mol. The van der Waals surface area contributed by atoms with Crippen molar-refractivity contribution < 1.29 is 33.6 Å². The van der Waals surface area contributed by atoms with Gasteiger partial charge in [-0.2, -0.15) is 0 Å². The van der Waals surface area contributed by atoms with E-state index in [9.17, 15) is 23.8 Å². The minimum Gasteiger partial charge on any atom is -0.492 e. The van der Waals surface area contributed by atoms with Crippen LogP contribution >= 0.6 is 22.6 Å². The number of carboxylic acid groups (broad SMARTS) is 1. The van der Waals surface area contributed by atoms with Gasteiger partial charge in [0.2, 0.25) is 0 Å². The van der Waals surface area contributed by atoms with E-state index in [4.69, 9.17) is 9.84 Å². The van der Waals surface area contributed by atoms with E-state index in [1.165, 1.54) is 12.1 Å². The van der Waals surface area contributed by atoms with Crippen molar-refractivity contribution >= 4 is 39.9 Å². The largest absolute Gasteiger partial charge is 0.492 e. The van der Waals surface area contributed by atoms with Gasteiger partial charge < -0.3 is 25.4 Å². The lowest BCUT2D eigenvalue weighted by atomic mass is 10.1. The molecule has 2 aromatic carbocycles. The molecule has 0 aliphatic heterocycles. The molecule has 0 spiro atoms. The molecule has 0 heterocycles. The van der Waals surface area contributed by atoms with Gasteiger partial charge >= 0.3 is 5.97 Å². The van der Waals surface area contributed by atoms with E-state index < -0.39 is 30.3 Å². The Hall–Kier alpha value is -1.98. The van der Waals surface area contributed by atoms with E-state index in [2.05, 4.69) is 5.32 Å². The monoisotopic (exact) mass is 479 g/mol. The Morgan fingerprint density at radius 3 is 2.58 bits per heavy atom. The number of aliphatic hydroxyl groups excluding tert-OH is 2. The number of hydrogen-bond donors (Lipinski definition) is 4. The maximum atomic E-state index is 14.0. The summed E-state index contributed by atoms with van der Waals surface area (Å²) in [4.78, 5) is 11.6. The van der Waals surface area contributed by atoms with Crippen molar-refractivity contribution in [2.75, 3.05) is 18.5 Å². The van der Waals surface area contributed by atoms with E-state index in [1.54, 1.807) is 6.07 Å². The van der Waals surface area contributed by atoms with Crippen LogP contribution in [-0.4, -0.2) is 40.6 Å². The van der Waals surface area contributed by atoms with Gasteiger partial charge in [0.25, 0.3) is 0 Å². The molecule has 0 aliphatic rings. The highest BCUT2D eigenvalue weighted by molar-refractivity contribution is 14.1. The summed E-state index contributed by atoms with van der Waals surface area (Å²) in [6.07, 6.45) is -1.00. The van der Waals surface area contributed by atoms with Gasteiger partial charge in [0, 0.05) is 16.1 Å². The molecule has 4 N–H and O–H groups in total. The van der Waals surface area contributed by atoms with Crippen molar-refractivity contribution in [3.8, 4) is 5.75 Å². The molecule has 140 valence electrons. The van der Waals surface area contributed by atoms with Gasteiger partial charge in [-0.3, -0.25) is 0 Å². The molecule has 0 aliphatic carbocycles. The molecule has 2 aromatic rings. The molecular formula is C17H16F2INO5. The molecule has 9 heteroatoms. The molecule has 0 unspecified atom stereocenters. The Balaban J connectivity index is 2.34. The summed E-state index contributed by atoms with van der Waals surface area (Å²) in [7, 11) is 0. The Morgan fingerprint density at radius 1 is 1.23 bits per heavy atom. The number of hydrogen-bond acceptors (Lipinski definition) is 5. The Labute approximate surface area is 161 Å². The van der Waals surface area contributed by atoms with Crippen LogP contribution in [0.1, 0.15) is 16.8 Å². The van der Waals surface area contributed by atoms with Crippen LogP contribution in [0.3, 0.4) is 0 Å². The number of benzene rings is 2. The molecule has 0 radical (unpaired) electrons. The fourth-order valence-corrected chi connectivity index (χ4v) is 2.60. The Morgan fingerprint density at radius 2 is 1.96 bits per heavy atom. The van der Waals surface area contributed by atoms with Crippen molar-refractivity contribution in [1.29, 1.82) is 0 Å². The molecule has 0 bridgehead atoms. The smallest absolute Gasteiger partial charge is 0.341 e.